The average molecular weight is 605 g/mol. The van der Waals surface area contributed by atoms with Gasteiger partial charge in [0.1, 0.15) is 24.1 Å². The monoisotopic (exact) mass is 604 g/mol. The molecule has 1 aliphatic carbocycles. The summed E-state index contributed by atoms with van der Waals surface area (Å²) >= 11 is 1.16. The van der Waals surface area contributed by atoms with Crippen LogP contribution in [0.25, 0.3) is 32.4 Å². The molecule has 43 heavy (non-hydrogen) atoms. The molecule has 9 rings (SSSR count). The first-order chi connectivity index (χ1) is 20.9. The molecule has 0 radical (unpaired) electrons. The lowest BCUT2D eigenvalue weighted by molar-refractivity contribution is 0.107. The fraction of sp³-hybridized carbons (Fsp3) is 0.548. The summed E-state index contributed by atoms with van der Waals surface area (Å²) in [6.45, 7) is 3.44. The van der Waals surface area contributed by atoms with E-state index in [2.05, 4.69) is 26.2 Å². The molecule has 4 aliphatic heterocycles. The topological polar surface area (TPSA) is 105 Å². The van der Waals surface area contributed by atoms with Crippen LogP contribution in [-0.2, 0) is 0 Å². The molecule has 1 saturated carbocycles. The van der Waals surface area contributed by atoms with Crippen molar-refractivity contribution in [2.45, 2.75) is 74.7 Å². The Morgan fingerprint density at radius 2 is 1.86 bits per heavy atom. The average Bonchev–Trinajstić information content (AvgIpc) is 3.36. The number of aromatic nitrogens is 4. The lowest BCUT2D eigenvalue weighted by Crippen LogP contribution is -2.51. The predicted octanol–water partition coefficient (Wildman–Crippen LogP) is 4.80. The first-order valence-corrected chi connectivity index (χ1v) is 16.3. The molecule has 3 aromatic heterocycles. The molecule has 2 bridgehead atoms. The van der Waals surface area contributed by atoms with Crippen molar-refractivity contribution in [2.75, 3.05) is 43.4 Å². The minimum atomic E-state index is -0.826. The molecule has 3 N–H and O–H groups in total. The third-order valence-electron chi connectivity index (χ3n) is 10.2. The fourth-order valence-corrected chi connectivity index (χ4v) is 8.80. The second-order valence-electron chi connectivity index (χ2n) is 13.1. The van der Waals surface area contributed by atoms with Crippen LogP contribution in [0.15, 0.2) is 18.2 Å². The molecule has 1 aromatic carbocycles. The molecule has 224 valence electrons. The van der Waals surface area contributed by atoms with Crippen molar-refractivity contribution in [2.24, 2.45) is 0 Å². The fourth-order valence-electron chi connectivity index (χ4n) is 8.03. The van der Waals surface area contributed by atoms with Crippen molar-refractivity contribution in [1.82, 2.24) is 30.2 Å². The van der Waals surface area contributed by atoms with Gasteiger partial charge in [0.25, 0.3) is 0 Å². The summed E-state index contributed by atoms with van der Waals surface area (Å²) < 4.78 is 36.1. The van der Waals surface area contributed by atoms with Crippen LogP contribution in [0.1, 0.15) is 56.6 Å². The van der Waals surface area contributed by atoms with Crippen molar-refractivity contribution in [3.05, 3.63) is 29.7 Å². The zero-order chi connectivity index (χ0) is 28.9. The Labute approximate surface area is 251 Å². The number of nitrogens with zero attached hydrogens (tertiary/aromatic N) is 6. The van der Waals surface area contributed by atoms with Gasteiger partial charge in [-0.1, -0.05) is 11.3 Å². The normalized spacial score (nSPS) is 28.8. The highest BCUT2D eigenvalue weighted by molar-refractivity contribution is 7.22. The van der Waals surface area contributed by atoms with Crippen LogP contribution in [0.5, 0.6) is 6.01 Å². The number of ether oxygens (including phenoxy) is 1. The number of fused-ring (bicyclic) bond motifs is 5. The van der Waals surface area contributed by atoms with Crippen LogP contribution in [0.2, 0.25) is 0 Å². The van der Waals surface area contributed by atoms with Crippen LogP contribution in [0.4, 0.5) is 19.7 Å². The standard InChI is InChI=1S/C31H34F2N8OS/c32-17-11-31(8-1-9-41(31)12-17)15-42-30-36-23-10-21(20-6-7-22(33)27-25(20)38-29(34)43-27)24(16-2-3-16)37-26(23)28(39-30)40-13-18-4-5-19(14-40)35-18/h6-7,10,16-19,35H,1-5,8-9,11-15H2,(H2,34,38)/t17-,18?,19?,31+/m1/s1. The van der Waals surface area contributed by atoms with Gasteiger partial charge in [-0.05, 0) is 63.3 Å². The van der Waals surface area contributed by atoms with E-state index in [0.717, 1.165) is 97.7 Å². The van der Waals surface area contributed by atoms with Crippen molar-refractivity contribution >= 4 is 43.5 Å². The largest absolute Gasteiger partial charge is 0.461 e. The van der Waals surface area contributed by atoms with Gasteiger partial charge in [0, 0.05) is 55.2 Å². The van der Waals surface area contributed by atoms with Gasteiger partial charge >= 0.3 is 6.01 Å². The van der Waals surface area contributed by atoms with E-state index in [1.165, 1.54) is 6.07 Å². The Kier molecular flexibility index (Phi) is 5.87. The second kappa shape index (κ2) is 9.64. The minimum Gasteiger partial charge on any atom is -0.461 e. The number of piperazine rings is 1. The summed E-state index contributed by atoms with van der Waals surface area (Å²) in [6, 6.07) is 6.46. The zero-order valence-corrected chi connectivity index (χ0v) is 24.7. The van der Waals surface area contributed by atoms with Crippen molar-refractivity contribution < 1.29 is 13.5 Å². The van der Waals surface area contributed by atoms with Crippen LogP contribution < -0.4 is 20.7 Å². The number of nitrogens with one attached hydrogen (secondary N) is 1. The van der Waals surface area contributed by atoms with E-state index in [1.54, 1.807) is 6.07 Å². The lowest BCUT2D eigenvalue weighted by Gasteiger charge is -2.34. The molecule has 9 nitrogen and oxygen atoms in total. The number of benzene rings is 1. The maximum atomic E-state index is 14.8. The Balaban J connectivity index is 1.18. The summed E-state index contributed by atoms with van der Waals surface area (Å²) in [5, 5.41) is 4.05. The molecule has 4 saturated heterocycles. The lowest BCUT2D eigenvalue weighted by atomic mass is 9.95. The highest BCUT2D eigenvalue weighted by Gasteiger charge is 2.49. The number of hydrogen-bond donors (Lipinski definition) is 2. The smallest absolute Gasteiger partial charge is 0.319 e. The van der Waals surface area contributed by atoms with E-state index >= 15 is 0 Å². The van der Waals surface area contributed by atoms with Gasteiger partial charge in [0.15, 0.2) is 10.9 Å². The second-order valence-corrected chi connectivity index (χ2v) is 14.2. The summed E-state index contributed by atoms with van der Waals surface area (Å²) in [5.41, 5.74) is 10.4. The third-order valence-corrected chi connectivity index (χ3v) is 11.1. The molecule has 12 heteroatoms. The van der Waals surface area contributed by atoms with E-state index in [-0.39, 0.29) is 11.4 Å². The highest BCUT2D eigenvalue weighted by Crippen LogP contribution is 2.47. The van der Waals surface area contributed by atoms with E-state index < -0.39 is 6.17 Å². The number of rotatable bonds is 6. The summed E-state index contributed by atoms with van der Waals surface area (Å²) in [6.07, 6.45) is 6.04. The van der Waals surface area contributed by atoms with Crippen molar-refractivity contribution in [3.8, 4) is 17.1 Å². The number of nitrogen functional groups attached to an aromatic ring is 1. The zero-order valence-electron chi connectivity index (χ0n) is 23.9. The number of alkyl halides is 1. The number of thiazole rings is 1. The third kappa shape index (κ3) is 4.35. The minimum absolute atomic E-state index is 0.296. The molecular weight excluding hydrogens is 570 g/mol. The number of pyridine rings is 1. The van der Waals surface area contributed by atoms with Crippen LogP contribution in [0, 0.1) is 5.82 Å². The van der Waals surface area contributed by atoms with Gasteiger partial charge in [-0.25, -0.2) is 18.7 Å². The van der Waals surface area contributed by atoms with Gasteiger partial charge < -0.3 is 20.7 Å². The van der Waals surface area contributed by atoms with Gasteiger partial charge in [0.2, 0.25) is 0 Å². The van der Waals surface area contributed by atoms with E-state index in [1.807, 2.05) is 0 Å². The molecule has 0 spiro atoms. The Bertz CT molecular complexity index is 1750. The number of halogens is 2. The van der Waals surface area contributed by atoms with Crippen molar-refractivity contribution in [3.63, 3.8) is 0 Å². The summed E-state index contributed by atoms with van der Waals surface area (Å²) in [5.74, 6) is 0.789. The van der Waals surface area contributed by atoms with Gasteiger partial charge in [-0.2, -0.15) is 9.97 Å². The summed E-state index contributed by atoms with van der Waals surface area (Å²) in [7, 11) is 0. The van der Waals surface area contributed by atoms with Gasteiger partial charge in [-0.3, -0.25) is 4.90 Å². The molecule has 2 unspecified atom stereocenters. The first kappa shape index (κ1) is 26.2. The molecular formula is C31H34F2N8OS. The van der Waals surface area contributed by atoms with E-state index in [4.69, 9.17) is 25.4 Å². The van der Waals surface area contributed by atoms with Crippen LogP contribution >= 0.6 is 11.3 Å². The Morgan fingerprint density at radius 3 is 2.67 bits per heavy atom. The highest BCUT2D eigenvalue weighted by atomic mass is 32.1. The molecule has 7 heterocycles. The maximum absolute atomic E-state index is 14.8. The van der Waals surface area contributed by atoms with Crippen molar-refractivity contribution in [1.29, 1.82) is 0 Å². The molecule has 5 aliphatic rings. The number of hydrogen-bond acceptors (Lipinski definition) is 10. The molecule has 5 fully saturated rings. The van der Waals surface area contributed by atoms with E-state index in [0.29, 0.717) is 64.4 Å². The maximum Gasteiger partial charge on any atom is 0.319 e. The number of anilines is 2. The van der Waals surface area contributed by atoms with Gasteiger partial charge in [-0.15, -0.1) is 0 Å². The predicted molar refractivity (Wildman–Crippen MR) is 163 cm³/mol. The molecule has 0 amide bonds. The van der Waals surface area contributed by atoms with Crippen LogP contribution in [0.3, 0.4) is 0 Å². The Morgan fingerprint density at radius 1 is 1.02 bits per heavy atom. The first-order valence-electron chi connectivity index (χ1n) is 15.5. The molecule has 4 aromatic rings. The molecule has 4 atom stereocenters. The van der Waals surface area contributed by atoms with Gasteiger partial charge in [0.05, 0.1) is 27.0 Å². The SMILES string of the molecule is Nc1nc2c(-c3cc4nc(OC[C@@]56CCCN5C[C@H](F)C6)nc(N5CC6CCC(C5)N6)c4nc3C3CC3)ccc(F)c2s1. The van der Waals surface area contributed by atoms with Crippen LogP contribution in [-0.4, -0.2) is 81.4 Å². The van der Waals surface area contributed by atoms with E-state index in [9.17, 15) is 8.78 Å². The quantitative estimate of drug-likeness (QED) is 0.321. The number of nitrogens with two attached hydrogens (primary N) is 1. The Hall–Kier alpha value is -3.22. The summed E-state index contributed by atoms with van der Waals surface area (Å²) in [4.78, 5) is 24.3.